The minimum atomic E-state index is 0.458. The van der Waals surface area contributed by atoms with Gasteiger partial charge in [-0.15, -0.1) is 0 Å². The number of nitrogens with zero attached hydrogens (tertiary/aromatic N) is 2. The molecule has 86 valence electrons. The summed E-state index contributed by atoms with van der Waals surface area (Å²) in [5, 5.41) is 9.67. The number of nitrogens with one attached hydrogen (secondary N) is 2. The molecule has 4 N–H and O–H groups in total. The van der Waals surface area contributed by atoms with Gasteiger partial charge in [0.15, 0.2) is 5.58 Å². The Morgan fingerprint density at radius 3 is 3.12 bits per heavy atom. The lowest BCUT2D eigenvalue weighted by Gasteiger charge is -1.96. The second-order valence-corrected chi connectivity index (χ2v) is 3.67. The molecule has 0 radical (unpaired) electrons. The molecule has 0 fully saturated rings. The lowest BCUT2D eigenvalue weighted by Crippen LogP contribution is -1.98. The standard InChI is InChI=1S/C11H11N5O/c12-8-2-1-3-9-10(8)16-11(17-9)13-4-7-5-14-15-6-7/h1-3,5-6H,4,12H2,(H,13,16)(H,14,15). The van der Waals surface area contributed by atoms with Crippen LogP contribution in [0.5, 0.6) is 0 Å². The highest BCUT2D eigenvalue weighted by molar-refractivity contribution is 5.86. The van der Waals surface area contributed by atoms with E-state index in [1.54, 1.807) is 12.3 Å². The summed E-state index contributed by atoms with van der Waals surface area (Å²) in [4.78, 5) is 4.28. The van der Waals surface area contributed by atoms with Crippen molar-refractivity contribution in [1.29, 1.82) is 0 Å². The maximum Gasteiger partial charge on any atom is 0.296 e. The molecular weight excluding hydrogens is 218 g/mol. The van der Waals surface area contributed by atoms with Gasteiger partial charge in [-0.3, -0.25) is 5.10 Å². The maximum atomic E-state index is 5.80. The molecule has 3 rings (SSSR count). The van der Waals surface area contributed by atoms with E-state index in [-0.39, 0.29) is 0 Å². The molecule has 2 heterocycles. The smallest absolute Gasteiger partial charge is 0.296 e. The third kappa shape index (κ3) is 1.80. The lowest BCUT2D eigenvalue weighted by molar-refractivity contribution is 0.614. The molecule has 0 bridgehead atoms. The summed E-state index contributed by atoms with van der Waals surface area (Å²) in [7, 11) is 0. The predicted octanol–water partition coefficient (Wildman–Crippen LogP) is 1.75. The quantitative estimate of drug-likeness (QED) is 0.595. The van der Waals surface area contributed by atoms with Gasteiger partial charge < -0.3 is 15.5 Å². The first kappa shape index (κ1) is 9.71. The van der Waals surface area contributed by atoms with E-state index in [4.69, 9.17) is 10.2 Å². The minimum Gasteiger partial charge on any atom is -0.423 e. The zero-order chi connectivity index (χ0) is 11.7. The number of oxazole rings is 1. The Morgan fingerprint density at radius 1 is 1.41 bits per heavy atom. The molecule has 6 heteroatoms. The number of hydrogen-bond donors (Lipinski definition) is 3. The van der Waals surface area contributed by atoms with Crippen LogP contribution in [0.15, 0.2) is 35.0 Å². The molecule has 0 spiro atoms. The van der Waals surface area contributed by atoms with E-state index in [9.17, 15) is 0 Å². The number of aromatic nitrogens is 3. The van der Waals surface area contributed by atoms with Gasteiger partial charge >= 0.3 is 0 Å². The normalized spacial score (nSPS) is 10.8. The molecule has 6 nitrogen and oxygen atoms in total. The van der Waals surface area contributed by atoms with Gasteiger partial charge in [0.1, 0.15) is 5.52 Å². The van der Waals surface area contributed by atoms with Crippen molar-refractivity contribution in [3.63, 3.8) is 0 Å². The number of nitrogens with two attached hydrogens (primary N) is 1. The summed E-state index contributed by atoms with van der Waals surface area (Å²) in [5.74, 6) is 0. The Labute approximate surface area is 96.8 Å². The summed E-state index contributed by atoms with van der Waals surface area (Å²) in [5.41, 5.74) is 8.80. The van der Waals surface area contributed by atoms with Gasteiger partial charge in [0, 0.05) is 18.3 Å². The topological polar surface area (TPSA) is 92.8 Å². The Kier molecular flexibility index (Phi) is 2.18. The Bertz CT molecular complexity index is 628. The number of benzene rings is 1. The van der Waals surface area contributed by atoms with Crippen LogP contribution in [0.2, 0.25) is 0 Å². The van der Waals surface area contributed by atoms with Crippen molar-refractivity contribution in [2.75, 3.05) is 11.1 Å². The van der Waals surface area contributed by atoms with Gasteiger partial charge in [-0.25, -0.2) is 0 Å². The second kappa shape index (κ2) is 3.82. The Balaban J connectivity index is 1.84. The fourth-order valence-electron chi connectivity index (χ4n) is 1.60. The number of fused-ring (bicyclic) bond motifs is 1. The van der Waals surface area contributed by atoms with Crippen molar-refractivity contribution < 1.29 is 4.42 Å². The van der Waals surface area contributed by atoms with Crippen molar-refractivity contribution in [3.05, 3.63) is 36.2 Å². The second-order valence-electron chi connectivity index (χ2n) is 3.67. The first-order chi connectivity index (χ1) is 8.33. The third-order valence-corrected chi connectivity index (χ3v) is 2.45. The van der Waals surface area contributed by atoms with Crippen LogP contribution in [0.3, 0.4) is 0 Å². The van der Waals surface area contributed by atoms with E-state index in [1.165, 1.54) is 0 Å². The average molecular weight is 229 g/mol. The van der Waals surface area contributed by atoms with Gasteiger partial charge in [0.25, 0.3) is 6.01 Å². The molecule has 1 aromatic carbocycles. The number of para-hydroxylation sites is 1. The molecule has 0 saturated carbocycles. The first-order valence-electron chi connectivity index (χ1n) is 5.19. The van der Waals surface area contributed by atoms with Crippen molar-refractivity contribution in [3.8, 4) is 0 Å². The fourth-order valence-corrected chi connectivity index (χ4v) is 1.60. The molecule has 0 unspecified atom stereocenters. The number of aromatic amines is 1. The summed E-state index contributed by atoms with van der Waals surface area (Å²) in [6, 6.07) is 5.92. The average Bonchev–Trinajstić information content (AvgIpc) is 2.95. The summed E-state index contributed by atoms with van der Waals surface area (Å²) in [6.07, 6.45) is 3.55. The van der Waals surface area contributed by atoms with Gasteiger partial charge in [-0.05, 0) is 12.1 Å². The van der Waals surface area contributed by atoms with Gasteiger partial charge in [0.2, 0.25) is 0 Å². The van der Waals surface area contributed by atoms with Crippen LogP contribution < -0.4 is 11.1 Å². The minimum absolute atomic E-state index is 0.458. The first-order valence-corrected chi connectivity index (χ1v) is 5.19. The molecular formula is C11H11N5O. The van der Waals surface area contributed by atoms with Crippen LogP contribution in [0, 0.1) is 0 Å². The molecule has 17 heavy (non-hydrogen) atoms. The van der Waals surface area contributed by atoms with Crippen LogP contribution in [0.4, 0.5) is 11.7 Å². The molecule has 0 atom stereocenters. The largest absolute Gasteiger partial charge is 0.423 e. The van der Waals surface area contributed by atoms with Crippen LogP contribution in [-0.4, -0.2) is 15.2 Å². The summed E-state index contributed by atoms with van der Waals surface area (Å²) >= 11 is 0. The van der Waals surface area contributed by atoms with E-state index in [2.05, 4.69) is 20.5 Å². The SMILES string of the molecule is Nc1cccc2oc(NCc3cn[nH]c3)nc12. The molecule has 3 aromatic rings. The van der Waals surface area contributed by atoms with Crippen LogP contribution in [-0.2, 0) is 6.54 Å². The lowest BCUT2D eigenvalue weighted by atomic mass is 10.3. The number of anilines is 2. The van der Waals surface area contributed by atoms with Gasteiger partial charge in [0.05, 0.1) is 11.9 Å². The molecule has 0 saturated heterocycles. The van der Waals surface area contributed by atoms with E-state index in [1.807, 2.05) is 18.3 Å². The maximum absolute atomic E-state index is 5.80. The molecule has 2 aromatic heterocycles. The Hall–Kier alpha value is -2.50. The van der Waals surface area contributed by atoms with Gasteiger partial charge in [-0.2, -0.15) is 10.1 Å². The Morgan fingerprint density at radius 2 is 2.35 bits per heavy atom. The number of rotatable bonds is 3. The van der Waals surface area contributed by atoms with Crippen molar-refractivity contribution >= 4 is 22.8 Å². The number of nitrogen functional groups attached to an aromatic ring is 1. The highest BCUT2D eigenvalue weighted by atomic mass is 16.4. The van der Waals surface area contributed by atoms with Crippen molar-refractivity contribution in [1.82, 2.24) is 15.2 Å². The highest BCUT2D eigenvalue weighted by Gasteiger charge is 2.07. The monoisotopic (exact) mass is 229 g/mol. The third-order valence-electron chi connectivity index (χ3n) is 2.45. The van der Waals surface area contributed by atoms with Crippen molar-refractivity contribution in [2.24, 2.45) is 0 Å². The van der Waals surface area contributed by atoms with E-state index < -0.39 is 0 Å². The van der Waals surface area contributed by atoms with E-state index in [0.29, 0.717) is 29.3 Å². The van der Waals surface area contributed by atoms with Gasteiger partial charge in [-0.1, -0.05) is 6.07 Å². The zero-order valence-electron chi connectivity index (χ0n) is 8.97. The molecule has 0 amide bonds. The summed E-state index contributed by atoms with van der Waals surface area (Å²) in [6.45, 7) is 0.600. The molecule has 0 aliphatic heterocycles. The van der Waals surface area contributed by atoms with E-state index >= 15 is 0 Å². The molecule has 0 aliphatic carbocycles. The molecule has 0 aliphatic rings. The predicted molar refractivity (Wildman–Crippen MR) is 64.3 cm³/mol. The van der Waals surface area contributed by atoms with Crippen LogP contribution in [0.1, 0.15) is 5.56 Å². The zero-order valence-corrected chi connectivity index (χ0v) is 8.97. The fraction of sp³-hybridized carbons (Fsp3) is 0.0909. The number of hydrogen-bond acceptors (Lipinski definition) is 5. The summed E-state index contributed by atoms with van der Waals surface area (Å²) < 4.78 is 5.51. The van der Waals surface area contributed by atoms with Crippen LogP contribution in [0.25, 0.3) is 11.1 Å². The van der Waals surface area contributed by atoms with Crippen molar-refractivity contribution in [2.45, 2.75) is 6.54 Å². The van der Waals surface area contributed by atoms with Crippen LogP contribution >= 0.6 is 0 Å². The van der Waals surface area contributed by atoms with E-state index in [0.717, 1.165) is 5.56 Å². The number of H-pyrrole nitrogens is 1. The highest BCUT2D eigenvalue weighted by Crippen LogP contribution is 2.23.